The number of nitrogens with two attached hydrogens (primary N) is 1. The molecule has 1 aliphatic heterocycles. The van der Waals surface area contributed by atoms with Crippen LogP contribution in [-0.2, 0) is 20.1 Å². The van der Waals surface area contributed by atoms with Gasteiger partial charge in [-0.05, 0) is 43.0 Å². The first-order valence-electron chi connectivity index (χ1n) is 13.4. The molecule has 0 saturated carbocycles. The molecule has 0 bridgehead atoms. The maximum absolute atomic E-state index is 14.1. The van der Waals surface area contributed by atoms with Crippen LogP contribution in [0, 0.1) is 0 Å². The third-order valence-electron chi connectivity index (χ3n) is 7.55. The van der Waals surface area contributed by atoms with Crippen molar-refractivity contribution < 1.29 is 14.6 Å². The molecule has 41 heavy (non-hydrogen) atoms. The van der Waals surface area contributed by atoms with E-state index in [9.17, 15) is 19.5 Å². The van der Waals surface area contributed by atoms with E-state index in [1.54, 1.807) is 22.8 Å². The van der Waals surface area contributed by atoms with Gasteiger partial charge in [-0.3, -0.25) is 23.3 Å². The number of Topliss-reactive ketones (excluding diaryl/α,β-unsaturated/α-hetero) is 1. The lowest BCUT2D eigenvalue weighted by atomic mass is 9.98. The molecule has 5 rings (SSSR count). The van der Waals surface area contributed by atoms with Crippen molar-refractivity contribution in [2.45, 2.75) is 45.0 Å². The number of benzene rings is 2. The zero-order valence-corrected chi connectivity index (χ0v) is 24.8. The van der Waals surface area contributed by atoms with Gasteiger partial charge >= 0.3 is 5.69 Å². The smallest absolute Gasteiger partial charge is 0.332 e. The van der Waals surface area contributed by atoms with Crippen molar-refractivity contribution in [1.82, 2.24) is 18.7 Å². The number of hydrogen-bond donors (Lipinski definition) is 2. The average molecular weight is 626 g/mol. The van der Waals surface area contributed by atoms with Crippen LogP contribution in [0.1, 0.15) is 47.4 Å². The van der Waals surface area contributed by atoms with Gasteiger partial charge in [-0.2, -0.15) is 4.98 Å². The van der Waals surface area contributed by atoms with Crippen molar-refractivity contribution in [2.75, 3.05) is 25.1 Å². The number of nitrogens with zero attached hydrogens (tertiary/aromatic N) is 5. The third-order valence-corrected chi connectivity index (χ3v) is 8.32. The highest BCUT2D eigenvalue weighted by Gasteiger charge is 2.28. The molecule has 1 aliphatic rings. The number of aliphatic hydroxyl groups excluding tert-OH is 1. The quantitative estimate of drug-likeness (QED) is 0.285. The monoisotopic (exact) mass is 624 g/mol. The van der Waals surface area contributed by atoms with Gasteiger partial charge in [0, 0.05) is 30.7 Å². The summed E-state index contributed by atoms with van der Waals surface area (Å²) in [7, 11) is 2.96. The number of anilines is 1. The Labute approximate surface area is 244 Å². The number of methoxy groups -OCH3 is 1. The van der Waals surface area contributed by atoms with Crippen molar-refractivity contribution >= 4 is 38.8 Å². The lowest BCUT2D eigenvalue weighted by Crippen LogP contribution is -2.44. The van der Waals surface area contributed by atoms with Crippen molar-refractivity contribution in [3.05, 3.63) is 84.5 Å². The van der Waals surface area contributed by atoms with Crippen molar-refractivity contribution in [3.8, 4) is 5.75 Å². The van der Waals surface area contributed by atoms with Gasteiger partial charge in [0.2, 0.25) is 5.95 Å². The van der Waals surface area contributed by atoms with Gasteiger partial charge in [0.1, 0.15) is 5.75 Å². The molecule has 2 aromatic heterocycles. The zero-order chi connectivity index (χ0) is 29.4. The number of aromatic nitrogens is 4. The summed E-state index contributed by atoms with van der Waals surface area (Å²) in [6.45, 7) is 2.58. The summed E-state index contributed by atoms with van der Waals surface area (Å²) < 4.78 is 10.3. The third kappa shape index (κ3) is 5.34. The number of imidazole rings is 1. The Morgan fingerprint density at radius 2 is 1.95 bits per heavy atom. The van der Waals surface area contributed by atoms with Crippen LogP contribution in [0.2, 0.25) is 0 Å². The average Bonchev–Trinajstić information content (AvgIpc) is 3.34. The number of rotatable bonds is 8. The van der Waals surface area contributed by atoms with Gasteiger partial charge in [-0.1, -0.05) is 46.3 Å². The van der Waals surface area contributed by atoms with E-state index in [1.807, 2.05) is 29.2 Å². The molecule has 11 nitrogen and oxygen atoms in total. The molecule has 12 heteroatoms. The molecule has 2 aromatic carbocycles. The molecular weight excluding hydrogens is 592 g/mol. The molecule has 0 radical (unpaired) electrons. The second kappa shape index (κ2) is 11.6. The minimum absolute atomic E-state index is 0.0393. The summed E-state index contributed by atoms with van der Waals surface area (Å²) in [5, 5.41) is 10.3. The van der Waals surface area contributed by atoms with Gasteiger partial charge in [-0.25, -0.2) is 4.79 Å². The first kappa shape index (κ1) is 28.8. The first-order chi connectivity index (χ1) is 19.6. The minimum Gasteiger partial charge on any atom is -0.496 e. The zero-order valence-electron chi connectivity index (χ0n) is 23.2. The summed E-state index contributed by atoms with van der Waals surface area (Å²) >= 11 is 3.60. The molecular formula is C29H33BrN6O5. The van der Waals surface area contributed by atoms with Crippen LogP contribution in [0.3, 0.4) is 0 Å². The molecule has 0 amide bonds. The summed E-state index contributed by atoms with van der Waals surface area (Å²) in [5.41, 5.74) is 6.82. The number of piperidine rings is 1. The maximum Gasteiger partial charge on any atom is 0.332 e. The van der Waals surface area contributed by atoms with Crippen molar-refractivity contribution in [2.24, 2.45) is 12.8 Å². The highest BCUT2D eigenvalue weighted by Crippen LogP contribution is 2.29. The number of carbonyl (C=O) groups is 1. The van der Waals surface area contributed by atoms with Crippen LogP contribution in [0.15, 0.2) is 56.5 Å². The van der Waals surface area contributed by atoms with Gasteiger partial charge in [0.25, 0.3) is 5.56 Å². The van der Waals surface area contributed by atoms with E-state index in [0.29, 0.717) is 31.1 Å². The molecule has 4 aromatic rings. The molecule has 0 aliphatic carbocycles. The summed E-state index contributed by atoms with van der Waals surface area (Å²) in [6.07, 6.45) is 0.809. The summed E-state index contributed by atoms with van der Waals surface area (Å²) in [4.78, 5) is 48.1. The van der Waals surface area contributed by atoms with E-state index >= 15 is 0 Å². The predicted molar refractivity (Wildman–Crippen MR) is 160 cm³/mol. The van der Waals surface area contributed by atoms with Gasteiger partial charge in [0.15, 0.2) is 16.9 Å². The van der Waals surface area contributed by atoms with E-state index in [0.717, 1.165) is 27.4 Å². The number of halogens is 1. The SMILES string of the molecule is COc1cccc(C(C)O)c1C(=O)Cn1c(=O)c2c(nc(N3CCCC(N)C3)n2Cc2ccccc2Br)n(C)c1=O. The Hall–Kier alpha value is -3.74. The van der Waals surface area contributed by atoms with Crippen LogP contribution in [0.25, 0.3) is 11.2 Å². The van der Waals surface area contributed by atoms with Crippen LogP contribution in [-0.4, -0.2) is 55.8 Å². The van der Waals surface area contributed by atoms with E-state index in [-0.39, 0.29) is 28.5 Å². The largest absolute Gasteiger partial charge is 0.496 e. The van der Waals surface area contributed by atoms with E-state index in [2.05, 4.69) is 15.9 Å². The fraction of sp³-hybridized carbons (Fsp3) is 0.379. The molecule has 0 spiro atoms. The number of aliphatic hydroxyl groups is 1. The van der Waals surface area contributed by atoms with Gasteiger partial charge in [0.05, 0.1) is 31.9 Å². The molecule has 2 atom stereocenters. The number of carbonyl (C=O) groups excluding carboxylic acids is 1. The van der Waals surface area contributed by atoms with E-state index < -0.39 is 29.7 Å². The molecule has 3 heterocycles. The fourth-order valence-electron chi connectivity index (χ4n) is 5.47. The molecule has 216 valence electrons. The summed E-state index contributed by atoms with van der Waals surface area (Å²) in [6, 6.07) is 12.5. The lowest BCUT2D eigenvalue weighted by Gasteiger charge is -2.32. The van der Waals surface area contributed by atoms with Gasteiger partial charge in [-0.15, -0.1) is 0 Å². The lowest BCUT2D eigenvalue weighted by molar-refractivity contribution is 0.0959. The Bertz CT molecular complexity index is 1740. The molecule has 1 fully saturated rings. The predicted octanol–water partition coefficient (Wildman–Crippen LogP) is 2.58. The van der Waals surface area contributed by atoms with Crippen LogP contribution in [0.4, 0.5) is 5.95 Å². The topological polar surface area (TPSA) is 138 Å². The fourth-order valence-corrected chi connectivity index (χ4v) is 5.88. The van der Waals surface area contributed by atoms with Crippen LogP contribution in [0.5, 0.6) is 5.75 Å². The van der Waals surface area contributed by atoms with E-state index in [1.165, 1.54) is 25.6 Å². The minimum atomic E-state index is -0.963. The van der Waals surface area contributed by atoms with Crippen molar-refractivity contribution in [1.29, 1.82) is 0 Å². The van der Waals surface area contributed by atoms with Crippen molar-refractivity contribution in [3.63, 3.8) is 0 Å². The highest BCUT2D eigenvalue weighted by molar-refractivity contribution is 9.10. The Balaban J connectivity index is 1.70. The number of ether oxygens (including phenoxy) is 1. The first-order valence-corrected chi connectivity index (χ1v) is 14.2. The number of hydrogen-bond acceptors (Lipinski definition) is 8. The number of aryl methyl sites for hydroxylation is 1. The van der Waals surface area contributed by atoms with Gasteiger partial charge < -0.3 is 20.5 Å². The second-order valence-electron chi connectivity index (χ2n) is 10.4. The Morgan fingerprint density at radius 3 is 2.63 bits per heavy atom. The molecule has 1 saturated heterocycles. The second-order valence-corrected chi connectivity index (χ2v) is 11.2. The highest BCUT2D eigenvalue weighted by atomic mass is 79.9. The maximum atomic E-state index is 14.1. The number of ketones is 1. The van der Waals surface area contributed by atoms with Crippen LogP contribution >= 0.6 is 15.9 Å². The summed E-state index contributed by atoms with van der Waals surface area (Å²) in [5.74, 6) is 0.265. The standard InChI is InChI=1S/C29H33BrN6O5/c1-17(37)20-10-6-12-23(41-3)24(20)22(38)16-36-27(39)25-26(33(2)29(36)40)32-28(34-13-7-9-19(31)15-34)35(25)14-18-8-4-5-11-21(18)30/h4-6,8,10-12,17,19,37H,7,9,13-16,31H2,1-3H3. The Morgan fingerprint density at radius 1 is 1.20 bits per heavy atom. The normalized spacial score (nSPS) is 16.2. The molecule has 2 unspecified atom stereocenters. The number of fused-ring (bicyclic) bond motifs is 1. The van der Waals surface area contributed by atoms with Crippen LogP contribution < -0.4 is 26.6 Å². The van der Waals surface area contributed by atoms with E-state index in [4.69, 9.17) is 15.5 Å². The Kier molecular flexibility index (Phi) is 8.16. The molecule has 3 N–H and O–H groups in total.